The number of hydrogen-bond acceptors (Lipinski definition) is 3. The maximum absolute atomic E-state index is 12.0. The monoisotopic (exact) mass is 264 g/mol. The summed E-state index contributed by atoms with van der Waals surface area (Å²) in [6.07, 6.45) is 0. The van der Waals surface area contributed by atoms with E-state index in [1.807, 2.05) is 32.0 Å². The number of carbonyl (C=O) groups excluding carboxylic acids is 2. The average molecular weight is 264 g/mol. The Kier molecular flexibility index (Phi) is 5.36. The van der Waals surface area contributed by atoms with E-state index >= 15 is 0 Å². The molecule has 0 radical (unpaired) electrons. The molecule has 0 aliphatic rings. The molecule has 2 N–H and O–H groups in total. The standard InChI is InChI=1S/C14H20N2O3/c1-10(2)13(14(15)18)16(3)12(17)9-19-11-7-5-4-6-8-11/h4-8,10,13H,9H2,1-3H3,(H2,15,18). The number of primary amides is 1. The van der Waals surface area contributed by atoms with Crippen LogP contribution in [0.15, 0.2) is 30.3 Å². The Labute approximate surface area is 113 Å². The van der Waals surface area contributed by atoms with E-state index < -0.39 is 11.9 Å². The first-order valence-electron chi connectivity index (χ1n) is 6.16. The van der Waals surface area contributed by atoms with Gasteiger partial charge in [-0.3, -0.25) is 9.59 Å². The van der Waals surface area contributed by atoms with E-state index in [9.17, 15) is 9.59 Å². The molecule has 0 heterocycles. The molecule has 0 spiro atoms. The van der Waals surface area contributed by atoms with Crippen LogP contribution in [0.2, 0.25) is 0 Å². The Balaban J connectivity index is 2.59. The molecule has 1 aromatic carbocycles. The van der Waals surface area contributed by atoms with Gasteiger partial charge >= 0.3 is 0 Å². The summed E-state index contributed by atoms with van der Waals surface area (Å²) in [5.41, 5.74) is 5.31. The van der Waals surface area contributed by atoms with Crippen LogP contribution >= 0.6 is 0 Å². The highest BCUT2D eigenvalue weighted by Crippen LogP contribution is 2.11. The number of nitrogens with zero attached hydrogens (tertiary/aromatic N) is 1. The maximum Gasteiger partial charge on any atom is 0.260 e. The van der Waals surface area contributed by atoms with E-state index in [2.05, 4.69) is 0 Å². The summed E-state index contributed by atoms with van der Waals surface area (Å²) in [6, 6.07) is 8.42. The van der Waals surface area contributed by atoms with Gasteiger partial charge in [-0.05, 0) is 18.1 Å². The summed E-state index contributed by atoms with van der Waals surface area (Å²) >= 11 is 0. The minimum absolute atomic E-state index is 0.0387. The number of amides is 2. The minimum atomic E-state index is -0.619. The summed E-state index contributed by atoms with van der Waals surface area (Å²) in [6.45, 7) is 3.57. The second-order valence-electron chi connectivity index (χ2n) is 4.70. The van der Waals surface area contributed by atoms with Crippen LogP contribution in [-0.2, 0) is 9.59 Å². The van der Waals surface area contributed by atoms with E-state index in [0.717, 1.165) is 0 Å². The SMILES string of the molecule is CC(C)C(C(N)=O)N(C)C(=O)COc1ccccc1. The molecule has 0 bridgehead atoms. The molecular formula is C14H20N2O3. The lowest BCUT2D eigenvalue weighted by atomic mass is 10.0. The van der Waals surface area contributed by atoms with Gasteiger partial charge in [0.1, 0.15) is 11.8 Å². The Hall–Kier alpha value is -2.04. The van der Waals surface area contributed by atoms with Crippen molar-refractivity contribution in [3.63, 3.8) is 0 Å². The Morgan fingerprint density at radius 2 is 1.84 bits per heavy atom. The molecule has 0 aromatic heterocycles. The number of carbonyl (C=O) groups is 2. The topological polar surface area (TPSA) is 72.6 Å². The fraction of sp³-hybridized carbons (Fsp3) is 0.429. The van der Waals surface area contributed by atoms with Crippen molar-refractivity contribution in [3.05, 3.63) is 30.3 Å². The summed E-state index contributed by atoms with van der Waals surface area (Å²) in [5, 5.41) is 0. The summed E-state index contributed by atoms with van der Waals surface area (Å²) in [4.78, 5) is 24.7. The highest BCUT2D eigenvalue weighted by Gasteiger charge is 2.27. The van der Waals surface area contributed by atoms with Gasteiger partial charge in [0.2, 0.25) is 5.91 Å². The van der Waals surface area contributed by atoms with Crippen molar-refractivity contribution in [2.24, 2.45) is 11.7 Å². The molecule has 5 nitrogen and oxygen atoms in total. The summed E-state index contributed by atoms with van der Waals surface area (Å²) < 4.78 is 5.36. The van der Waals surface area contributed by atoms with Crippen molar-refractivity contribution in [1.29, 1.82) is 0 Å². The third-order valence-corrected chi connectivity index (χ3v) is 2.84. The van der Waals surface area contributed by atoms with Crippen molar-refractivity contribution in [2.75, 3.05) is 13.7 Å². The molecule has 0 saturated heterocycles. The third-order valence-electron chi connectivity index (χ3n) is 2.84. The van der Waals surface area contributed by atoms with Crippen molar-refractivity contribution < 1.29 is 14.3 Å². The zero-order valence-corrected chi connectivity index (χ0v) is 11.5. The fourth-order valence-electron chi connectivity index (χ4n) is 1.89. The molecule has 1 unspecified atom stereocenters. The van der Waals surface area contributed by atoms with Crippen LogP contribution in [0.25, 0.3) is 0 Å². The van der Waals surface area contributed by atoms with Crippen molar-refractivity contribution in [3.8, 4) is 5.75 Å². The number of ether oxygens (including phenoxy) is 1. The van der Waals surface area contributed by atoms with E-state index in [0.29, 0.717) is 5.75 Å². The van der Waals surface area contributed by atoms with E-state index in [1.54, 1.807) is 19.2 Å². The molecule has 1 aromatic rings. The molecule has 0 aliphatic carbocycles. The van der Waals surface area contributed by atoms with Gasteiger partial charge in [-0.25, -0.2) is 0 Å². The predicted molar refractivity (Wildman–Crippen MR) is 72.5 cm³/mol. The zero-order chi connectivity index (χ0) is 14.4. The van der Waals surface area contributed by atoms with Gasteiger partial charge in [-0.15, -0.1) is 0 Å². The molecule has 2 amide bonds. The molecule has 1 rings (SSSR count). The highest BCUT2D eigenvalue weighted by molar-refractivity contribution is 5.87. The quantitative estimate of drug-likeness (QED) is 0.834. The molecule has 104 valence electrons. The second-order valence-corrected chi connectivity index (χ2v) is 4.70. The van der Waals surface area contributed by atoms with Crippen LogP contribution in [0, 0.1) is 5.92 Å². The number of hydrogen-bond donors (Lipinski definition) is 1. The zero-order valence-electron chi connectivity index (χ0n) is 11.5. The van der Waals surface area contributed by atoms with E-state index in [4.69, 9.17) is 10.5 Å². The van der Waals surface area contributed by atoms with Crippen LogP contribution in [0.5, 0.6) is 5.75 Å². The first-order chi connectivity index (χ1) is 8.93. The van der Waals surface area contributed by atoms with Crippen LogP contribution in [-0.4, -0.2) is 36.4 Å². The van der Waals surface area contributed by atoms with Crippen LogP contribution in [0.4, 0.5) is 0 Å². The molecule has 0 aliphatic heterocycles. The van der Waals surface area contributed by atoms with Gasteiger partial charge in [0.05, 0.1) is 0 Å². The third kappa shape index (κ3) is 4.28. The number of nitrogens with two attached hydrogens (primary N) is 1. The van der Waals surface area contributed by atoms with Crippen molar-refractivity contribution in [2.45, 2.75) is 19.9 Å². The van der Waals surface area contributed by atoms with Gasteiger partial charge in [-0.1, -0.05) is 32.0 Å². The normalized spacial score (nSPS) is 12.0. The molecule has 19 heavy (non-hydrogen) atoms. The lowest BCUT2D eigenvalue weighted by Crippen LogP contribution is -2.50. The van der Waals surface area contributed by atoms with Gasteiger partial charge < -0.3 is 15.4 Å². The number of benzene rings is 1. The molecule has 0 saturated carbocycles. The lowest BCUT2D eigenvalue weighted by Gasteiger charge is -2.28. The Morgan fingerprint density at radius 1 is 1.26 bits per heavy atom. The smallest absolute Gasteiger partial charge is 0.260 e. The summed E-state index contributed by atoms with van der Waals surface area (Å²) in [7, 11) is 1.56. The van der Waals surface area contributed by atoms with Gasteiger partial charge in [0.25, 0.3) is 5.91 Å². The largest absolute Gasteiger partial charge is 0.484 e. The van der Waals surface area contributed by atoms with Gasteiger partial charge in [-0.2, -0.15) is 0 Å². The highest BCUT2D eigenvalue weighted by atomic mass is 16.5. The van der Waals surface area contributed by atoms with E-state index in [-0.39, 0.29) is 18.4 Å². The van der Waals surface area contributed by atoms with Gasteiger partial charge in [0.15, 0.2) is 6.61 Å². The fourth-order valence-corrected chi connectivity index (χ4v) is 1.89. The van der Waals surface area contributed by atoms with Crippen molar-refractivity contribution >= 4 is 11.8 Å². The first kappa shape index (κ1) is 15.0. The first-order valence-corrected chi connectivity index (χ1v) is 6.16. The number of rotatable bonds is 6. The summed E-state index contributed by atoms with van der Waals surface area (Å²) in [5.74, 6) is -0.209. The molecule has 0 fully saturated rings. The maximum atomic E-state index is 12.0. The molecular weight excluding hydrogens is 244 g/mol. The Morgan fingerprint density at radius 3 is 2.32 bits per heavy atom. The Bertz CT molecular complexity index is 432. The number of para-hydroxylation sites is 1. The van der Waals surface area contributed by atoms with Crippen LogP contribution in [0.1, 0.15) is 13.8 Å². The van der Waals surface area contributed by atoms with Crippen LogP contribution in [0.3, 0.4) is 0 Å². The molecule has 1 atom stereocenters. The lowest BCUT2D eigenvalue weighted by molar-refractivity contribution is -0.140. The average Bonchev–Trinajstić information content (AvgIpc) is 2.36. The van der Waals surface area contributed by atoms with Crippen LogP contribution < -0.4 is 10.5 Å². The van der Waals surface area contributed by atoms with Gasteiger partial charge in [0, 0.05) is 7.05 Å². The second kappa shape index (κ2) is 6.78. The molecule has 5 heteroatoms. The predicted octanol–water partition coefficient (Wildman–Crippen LogP) is 1.03. The number of likely N-dealkylation sites (N-methyl/N-ethyl adjacent to an activating group) is 1. The minimum Gasteiger partial charge on any atom is -0.484 e. The van der Waals surface area contributed by atoms with E-state index in [1.165, 1.54) is 4.90 Å². The van der Waals surface area contributed by atoms with Crippen molar-refractivity contribution in [1.82, 2.24) is 4.90 Å².